The molecule has 2 aromatic rings. The third-order valence-electron chi connectivity index (χ3n) is 7.01. The Kier molecular flexibility index (Phi) is 10.1. The minimum Gasteiger partial charge on any atom is -0.488 e. The summed E-state index contributed by atoms with van der Waals surface area (Å²) in [5, 5.41) is 0. The van der Waals surface area contributed by atoms with Crippen molar-refractivity contribution in [3.8, 4) is 5.75 Å². The van der Waals surface area contributed by atoms with Gasteiger partial charge in [-0.1, -0.05) is 36.4 Å². The van der Waals surface area contributed by atoms with E-state index in [0.29, 0.717) is 25.1 Å². The standard InChI is InChI=1S/C31H35BrFN3O7/c1-31(2,3)43-25(37)10-9-24(28(34)38)36-16-22-21(29(36)39)15-23(33)26(32)27(22)41-17-20-11-13-35(14-12-20)30(40)42-18-19-7-5-4-6-8-19/h4-8,11,15,24H,9-10,12-14,16-18H2,1-3H3,(H2,34,38)/t24-/m0/s1. The highest BCUT2D eigenvalue weighted by molar-refractivity contribution is 9.10. The van der Waals surface area contributed by atoms with Gasteiger partial charge in [0.25, 0.3) is 5.91 Å². The second-order valence-corrected chi connectivity index (χ2v) is 12.2. The van der Waals surface area contributed by atoms with E-state index in [1.165, 1.54) is 4.90 Å². The summed E-state index contributed by atoms with van der Waals surface area (Å²) in [5.41, 5.74) is 7.17. The molecule has 2 heterocycles. The maximum atomic E-state index is 14.9. The molecule has 2 aliphatic heterocycles. The average Bonchev–Trinajstić information content (AvgIpc) is 3.27. The summed E-state index contributed by atoms with van der Waals surface area (Å²) in [6.07, 6.45) is 1.80. The van der Waals surface area contributed by atoms with E-state index < -0.39 is 41.3 Å². The van der Waals surface area contributed by atoms with Crippen LogP contribution in [0.5, 0.6) is 5.75 Å². The smallest absolute Gasteiger partial charge is 0.410 e. The Bertz CT molecular complexity index is 1420. The number of hydrogen-bond acceptors (Lipinski definition) is 7. The molecule has 0 aliphatic carbocycles. The van der Waals surface area contributed by atoms with Crippen LogP contribution in [-0.4, -0.2) is 65.0 Å². The zero-order chi connectivity index (χ0) is 31.3. The second-order valence-electron chi connectivity index (χ2n) is 11.4. The molecule has 2 aliphatic rings. The minimum absolute atomic E-state index is 0.0407. The molecule has 0 saturated carbocycles. The first-order chi connectivity index (χ1) is 20.3. The largest absolute Gasteiger partial charge is 0.488 e. The highest BCUT2D eigenvalue weighted by Gasteiger charge is 2.39. The number of hydrogen-bond donors (Lipinski definition) is 1. The summed E-state index contributed by atoms with van der Waals surface area (Å²) in [5.74, 6) is -2.44. The Hall–Kier alpha value is -3.93. The summed E-state index contributed by atoms with van der Waals surface area (Å²) in [6, 6.07) is 9.40. The number of primary amides is 1. The van der Waals surface area contributed by atoms with Crippen molar-refractivity contribution in [2.45, 2.75) is 64.8 Å². The van der Waals surface area contributed by atoms with Gasteiger partial charge in [0.15, 0.2) is 0 Å². The van der Waals surface area contributed by atoms with Gasteiger partial charge in [0.2, 0.25) is 5.91 Å². The van der Waals surface area contributed by atoms with Crippen LogP contribution in [0.4, 0.5) is 9.18 Å². The van der Waals surface area contributed by atoms with E-state index in [1.807, 2.05) is 36.4 Å². The second kappa shape index (κ2) is 13.6. The van der Waals surface area contributed by atoms with Crippen LogP contribution in [-0.2, 0) is 32.2 Å². The molecule has 4 rings (SSSR count). The molecule has 0 bridgehead atoms. The molecular weight excluding hydrogens is 625 g/mol. The van der Waals surface area contributed by atoms with Crippen LogP contribution in [0.15, 0.2) is 52.5 Å². The molecule has 0 saturated heterocycles. The van der Waals surface area contributed by atoms with E-state index in [4.69, 9.17) is 19.9 Å². The van der Waals surface area contributed by atoms with Crippen LogP contribution in [0.25, 0.3) is 0 Å². The predicted molar refractivity (Wildman–Crippen MR) is 158 cm³/mol. The van der Waals surface area contributed by atoms with Gasteiger partial charge in [-0.05, 0) is 66.7 Å². The third-order valence-corrected chi connectivity index (χ3v) is 7.75. The predicted octanol–water partition coefficient (Wildman–Crippen LogP) is 4.87. The van der Waals surface area contributed by atoms with E-state index in [9.17, 15) is 23.6 Å². The summed E-state index contributed by atoms with van der Waals surface area (Å²) >= 11 is 3.24. The lowest BCUT2D eigenvalue weighted by molar-refractivity contribution is -0.155. The molecule has 230 valence electrons. The minimum atomic E-state index is -1.10. The number of fused-ring (bicyclic) bond motifs is 1. The molecule has 0 fully saturated rings. The fourth-order valence-electron chi connectivity index (χ4n) is 4.87. The molecule has 1 atom stereocenters. The van der Waals surface area contributed by atoms with Crippen molar-refractivity contribution < 1.29 is 37.8 Å². The van der Waals surface area contributed by atoms with E-state index in [-0.39, 0.29) is 48.4 Å². The number of carbonyl (C=O) groups is 4. The molecule has 10 nitrogen and oxygen atoms in total. The fraction of sp³-hybridized carbons (Fsp3) is 0.419. The molecule has 0 aromatic heterocycles. The zero-order valence-corrected chi connectivity index (χ0v) is 25.9. The normalized spacial score (nSPS) is 15.5. The quantitative estimate of drug-likeness (QED) is 0.285. The van der Waals surface area contributed by atoms with Crippen LogP contribution in [0.3, 0.4) is 0 Å². The average molecular weight is 661 g/mol. The van der Waals surface area contributed by atoms with Gasteiger partial charge in [-0.15, -0.1) is 0 Å². The number of ether oxygens (including phenoxy) is 3. The molecule has 0 radical (unpaired) electrons. The van der Waals surface area contributed by atoms with Crippen LogP contribution in [0.2, 0.25) is 0 Å². The van der Waals surface area contributed by atoms with Gasteiger partial charge in [0.05, 0.1) is 16.6 Å². The van der Waals surface area contributed by atoms with E-state index in [2.05, 4.69) is 15.9 Å². The van der Waals surface area contributed by atoms with E-state index in [0.717, 1.165) is 17.2 Å². The maximum absolute atomic E-state index is 14.9. The highest BCUT2D eigenvalue weighted by Crippen LogP contribution is 2.40. The first kappa shape index (κ1) is 32.0. The van der Waals surface area contributed by atoms with E-state index in [1.54, 1.807) is 25.7 Å². The molecular formula is C31H35BrFN3O7. The van der Waals surface area contributed by atoms with Gasteiger partial charge >= 0.3 is 12.1 Å². The fourth-order valence-corrected chi connectivity index (χ4v) is 5.34. The number of amides is 3. The SMILES string of the molecule is CC(C)(C)OC(=O)CC[C@@H](C(N)=O)N1Cc2c(cc(F)c(Br)c2OCC2=CCN(C(=O)OCc3ccccc3)CC2)C1=O. The van der Waals surface area contributed by atoms with Gasteiger partial charge in [-0.2, -0.15) is 0 Å². The first-order valence-corrected chi connectivity index (χ1v) is 14.7. The Labute approximate surface area is 258 Å². The van der Waals surface area contributed by atoms with Gasteiger partial charge in [-0.25, -0.2) is 9.18 Å². The zero-order valence-electron chi connectivity index (χ0n) is 24.4. The summed E-state index contributed by atoms with van der Waals surface area (Å²) in [4.78, 5) is 53.2. The van der Waals surface area contributed by atoms with E-state index >= 15 is 0 Å². The Morgan fingerprint density at radius 1 is 1.14 bits per heavy atom. The topological polar surface area (TPSA) is 128 Å². The lowest BCUT2D eigenvalue weighted by Gasteiger charge is -2.26. The van der Waals surface area contributed by atoms with Crippen molar-refractivity contribution in [2.24, 2.45) is 5.73 Å². The summed E-state index contributed by atoms with van der Waals surface area (Å²) in [7, 11) is 0. The number of nitrogens with two attached hydrogens (primary N) is 1. The maximum Gasteiger partial charge on any atom is 0.410 e. The van der Waals surface area contributed by atoms with Crippen LogP contribution < -0.4 is 10.5 Å². The molecule has 0 unspecified atom stereocenters. The Morgan fingerprint density at radius 2 is 1.86 bits per heavy atom. The van der Waals surface area contributed by atoms with Crippen molar-refractivity contribution in [3.05, 3.63) is 75.0 Å². The van der Waals surface area contributed by atoms with Crippen molar-refractivity contribution in [3.63, 3.8) is 0 Å². The van der Waals surface area contributed by atoms with Crippen molar-refractivity contribution in [2.75, 3.05) is 19.7 Å². The third kappa shape index (κ3) is 8.13. The highest BCUT2D eigenvalue weighted by atomic mass is 79.9. The van der Waals surface area contributed by atoms with Crippen LogP contribution in [0, 0.1) is 5.82 Å². The van der Waals surface area contributed by atoms with Crippen molar-refractivity contribution in [1.29, 1.82) is 0 Å². The Balaban J connectivity index is 1.40. The lowest BCUT2D eigenvalue weighted by Crippen LogP contribution is -2.45. The summed E-state index contributed by atoms with van der Waals surface area (Å²) < 4.78 is 31.7. The molecule has 43 heavy (non-hydrogen) atoms. The number of rotatable bonds is 10. The molecule has 2 aromatic carbocycles. The molecule has 2 N–H and O–H groups in total. The first-order valence-electron chi connectivity index (χ1n) is 13.9. The molecule has 3 amide bonds. The van der Waals surface area contributed by atoms with Crippen molar-refractivity contribution >= 4 is 39.8 Å². The van der Waals surface area contributed by atoms with Crippen molar-refractivity contribution in [1.82, 2.24) is 9.80 Å². The number of benzene rings is 2. The number of nitrogens with zero attached hydrogens (tertiary/aromatic N) is 2. The van der Waals surface area contributed by atoms with Gasteiger partial charge in [0.1, 0.15) is 36.4 Å². The monoisotopic (exact) mass is 659 g/mol. The van der Waals surface area contributed by atoms with Gasteiger partial charge < -0.3 is 29.7 Å². The van der Waals surface area contributed by atoms with Gasteiger partial charge in [-0.3, -0.25) is 14.4 Å². The number of carbonyl (C=O) groups excluding carboxylic acids is 4. The number of halogens is 2. The Morgan fingerprint density at radius 3 is 2.49 bits per heavy atom. The summed E-state index contributed by atoms with van der Waals surface area (Å²) in [6.45, 7) is 6.18. The van der Waals surface area contributed by atoms with Crippen LogP contribution in [0.1, 0.15) is 61.5 Å². The lowest BCUT2D eigenvalue weighted by atomic mass is 10.1. The molecule has 12 heteroatoms. The van der Waals surface area contributed by atoms with Crippen LogP contribution >= 0.6 is 15.9 Å². The molecule has 0 spiro atoms. The van der Waals surface area contributed by atoms with Gasteiger partial charge in [0, 0.05) is 25.1 Å². The number of esters is 1.